The molecule has 0 amide bonds. The molecule has 104 valence electrons. The molecular formula is C12H14BrNO4S. The van der Waals surface area contributed by atoms with Gasteiger partial charge in [0, 0.05) is 16.7 Å². The van der Waals surface area contributed by atoms with Crippen molar-refractivity contribution in [2.24, 2.45) is 0 Å². The lowest BCUT2D eigenvalue weighted by Gasteiger charge is -2.14. The number of carbonyl (C=O) groups is 1. The fraction of sp³-hybridized carbons (Fsp3) is 0.417. The van der Waals surface area contributed by atoms with E-state index in [0.29, 0.717) is 23.0 Å². The zero-order valence-corrected chi connectivity index (χ0v) is 12.5. The third kappa shape index (κ3) is 3.09. The topological polar surface area (TPSA) is 83.5 Å². The van der Waals surface area contributed by atoms with Crippen LogP contribution < -0.4 is 5.32 Å². The minimum Gasteiger partial charge on any atom is -0.478 e. The van der Waals surface area contributed by atoms with Crippen LogP contribution in [0, 0.1) is 0 Å². The Balaban J connectivity index is 2.16. The first-order valence-electron chi connectivity index (χ1n) is 5.89. The van der Waals surface area contributed by atoms with Crippen LogP contribution in [-0.4, -0.2) is 37.0 Å². The summed E-state index contributed by atoms with van der Waals surface area (Å²) in [5.74, 6) is -0.826. The Morgan fingerprint density at radius 1 is 1.47 bits per heavy atom. The van der Waals surface area contributed by atoms with Crippen LogP contribution >= 0.6 is 15.9 Å². The Kier molecular flexibility index (Phi) is 4.15. The fourth-order valence-electron chi connectivity index (χ4n) is 2.20. The Bertz CT molecular complexity index is 600. The molecule has 1 atom stereocenters. The summed E-state index contributed by atoms with van der Waals surface area (Å²) in [5.41, 5.74) is 0.557. The van der Waals surface area contributed by atoms with Crippen LogP contribution in [0.25, 0.3) is 0 Å². The minimum atomic E-state index is -3.02. The van der Waals surface area contributed by atoms with Crippen molar-refractivity contribution in [1.29, 1.82) is 0 Å². The highest BCUT2D eigenvalue weighted by Gasteiger charge is 2.31. The van der Waals surface area contributed by atoms with E-state index in [9.17, 15) is 13.2 Å². The van der Waals surface area contributed by atoms with Gasteiger partial charge in [0.15, 0.2) is 9.84 Å². The minimum absolute atomic E-state index is 0.123. The van der Waals surface area contributed by atoms with E-state index >= 15 is 0 Å². The molecule has 0 radical (unpaired) electrons. The molecule has 1 aliphatic heterocycles. The summed E-state index contributed by atoms with van der Waals surface area (Å²) in [4.78, 5) is 11.2. The Hall–Kier alpha value is -1.08. The molecule has 2 N–H and O–H groups in total. The number of benzene rings is 1. The predicted molar refractivity (Wildman–Crippen MR) is 76.4 cm³/mol. The lowest BCUT2D eigenvalue weighted by molar-refractivity contribution is 0.0697. The first kappa shape index (κ1) is 14.3. The highest BCUT2D eigenvalue weighted by atomic mass is 79.9. The van der Waals surface area contributed by atoms with Gasteiger partial charge < -0.3 is 10.4 Å². The lowest BCUT2D eigenvalue weighted by Crippen LogP contribution is -2.25. The van der Waals surface area contributed by atoms with Crippen LogP contribution in [0.5, 0.6) is 0 Å². The van der Waals surface area contributed by atoms with Gasteiger partial charge in [-0.2, -0.15) is 0 Å². The highest BCUT2D eigenvalue weighted by molar-refractivity contribution is 9.10. The van der Waals surface area contributed by atoms with Crippen molar-refractivity contribution in [3.63, 3.8) is 0 Å². The van der Waals surface area contributed by atoms with E-state index in [-0.39, 0.29) is 17.9 Å². The molecule has 19 heavy (non-hydrogen) atoms. The van der Waals surface area contributed by atoms with E-state index in [2.05, 4.69) is 21.2 Å². The Morgan fingerprint density at radius 2 is 2.21 bits per heavy atom. The van der Waals surface area contributed by atoms with Gasteiger partial charge in [-0.1, -0.05) is 6.07 Å². The number of carboxylic acids is 1. The van der Waals surface area contributed by atoms with Gasteiger partial charge >= 0.3 is 5.97 Å². The van der Waals surface area contributed by atoms with Crippen molar-refractivity contribution >= 4 is 37.4 Å². The van der Waals surface area contributed by atoms with Gasteiger partial charge in [0.1, 0.15) is 0 Å². The lowest BCUT2D eigenvalue weighted by atomic mass is 10.1. The molecular weight excluding hydrogens is 334 g/mol. The molecule has 1 aromatic rings. The van der Waals surface area contributed by atoms with Crippen LogP contribution in [0.15, 0.2) is 22.7 Å². The Labute approximate surface area is 120 Å². The first-order valence-corrected chi connectivity index (χ1v) is 8.40. The van der Waals surface area contributed by atoms with Crippen LogP contribution in [0.2, 0.25) is 0 Å². The van der Waals surface area contributed by atoms with Crippen molar-refractivity contribution in [3.05, 3.63) is 28.2 Å². The van der Waals surface area contributed by atoms with E-state index in [1.807, 2.05) is 0 Å². The van der Waals surface area contributed by atoms with E-state index in [0.717, 1.165) is 0 Å². The SMILES string of the molecule is O=C(O)c1c(Br)cccc1NCC1CCCS1(=O)=O. The van der Waals surface area contributed by atoms with Crippen LogP contribution in [0.3, 0.4) is 0 Å². The number of halogens is 1. The normalized spacial score (nSPS) is 21.2. The molecule has 1 aromatic carbocycles. The summed E-state index contributed by atoms with van der Waals surface area (Å²) in [6.45, 7) is 0.249. The zero-order valence-electron chi connectivity index (χ0n) is 10.1. The number of hydrogen-bond acceptors (Lipinski definition) is 4. The van der Waals surface area contributed by atoms with Crippen molar-refractivity contribution < 1.29 is 18.3 Å². The average Bonchev–Trinajstić information content (AvgIpc) is 2.65. The summed E-state index contributed by atoms with van der Waals surface area (Å²) in [7, 11) is -3.02. The van der Waals surface area contributed by atoms with Gasteiger partial charge in [-0.25, -0.2) is 13.2 Å². The second-order valence-electron chi connectivity index (χ2n) is 4.48. The third-order valence-electron chi connectivity index (χ3n) is 3.21. The maximum Gasteiger partial charge on any atom is 0.338 e. The van der Waals surface area contributed by atoms with E-state index in [1.54, 1.807) is 18.2 Å². The average molecular weight is 348 g/mol. The number of rotatable bonds is 4. The molecule has 0 saturated carbocycles. The summed E-state index contributed by atoms with van der Waals surface area (Å²) >= 11 is 3.18. The number of aromatic carboxylic acids is 1. The first-order chi connectivity index (χ1) is 8.92. The van der Waals surface area contributed by atoms with Crippen molar-refractivity contribution in [2.45, 2.75) is 18.1 Å². The number of nitrogens with one attached hydrogen (secondary N) is 1. The van der Waals surface area contributed by atoms with Crippen molar-refractivity contribution in [3.8, 4) is 0 Å². The molecule has 1 saturated heterocycles. The summed E-state index contributed by atoms with van der Waals surface area (Å²) < 4.78 is 23.9. The monoisotopic (exact) mass is 347 g/mol. The molecule has 1 aliphatic rings. The summed E-state index contributed by atoms with van der Waals surface area (Å²) in [5, 5.41) is 11.7. The molecule has 5 nitrogen and oxygen atoms in total. The molecule has 2 rings (SSSR count). The zero-order chi connectivity index (χ0) is 14.0. The molecule has 1 heterocycles. The second-order valence-corrected chi connectivity index (χ2v) is 7.73. The highest BCUT2D eigenvalue weighted by Crippen LogP contribution is 2.26. The molecule has 0 aliphatic carbocycles. The van der Waals surface area contributed by atoms with Crippen LogP contribution in [-0.2, 0) is 9.84 Å². The van der Waals surface area contributed by atoms with Crippen molar-refractivity contribution in [1.82, 2.24) is 0 Å². The standard InChI is InChI=1S/C12H14BrNO4S/c13-9-4-1-5-10(11(9)12(15)16)14-7-8-3-2-6-19(8,17)18/h1,4-5,8,14H,2-3,6-7H2,(H,15,16). The van der Waals surface area contributed by atoms with Gasteiger partial charge in [0.25, 0.3) is 0 Å². The van der Waals surface area contributed by atoms with Crippen molar-refractivity contribution in [2.75, 3.05) is 17.6 Å². The molecule has 7 heteroatoms. The van der Waals surface area contributed by atoms with Gasteiger partial charge in [-0.15, -0.1) is 0 Å². The van der Waals surface area contributed by atoms with E-state index < -0.39 is 21.1 Å². The van der Waals surface area contributed by atoms with Gasteiger partial charge in [-0.3, -0.25) is 0 Å². The summed E-state index contributed by atoms with van der Waals surface area (Å²) in [6.07, 6.45) is 1.31. The van der Waals surface area contributed by atoms with Crippen LogP contribution in [0.1, 0.15) is 23.2 Å². The number of sulfone groups is 1. The van der Waals surface area contributed by atoms with Crippen LogP contribution in [0.4, 0.5) is 5.69 Å². The van der Waals surface area contributed by atoms with Gasteiger partial charge in [0.2, 0.25) is 0 Å². The second kappa shape index (κ2) is 5.50. The smallest absolute Gasteiger partial charge is 0.338 e. The van der Waals surface area contributed by atoms with Gasteiger partial charge in [-0.05, 0) is 40.9 Å². The predicted octanol–water partition coefficient (Wildman–Crippen LogP) is 2.14. The summed E-state index contributed by atoms with van der Waals surface area (Å²) in [6, 6.07) is 4.98. The fourth-order valence-corrected chi connectivity index (χ4v) is 4.50. The maximum atomic E-state index is 11.7. The molecule has 0 bridgehead atoms. The number of hydrogen-bond donors (Lipinski definition) is 2. The largest absolute Gasteiger partial charge is 0.478 e. The maximum absolute atomic E-state index is 11.7. The quantitative estimate of drug-likeness (QED) is 0.871. The number of anilines is 1. The molecule has 1 unspecified atom stereocenters. The number of carboxylic acid groups (broad SMARTS) is 1. The van der Waals surface area contributed by atoms with Gasteiger partial charge in [0.05, 0.1) is 16.6 Å². The molecule has 1 fully saturated rings. The Morgan fingerprint density at radius 3 is 2.79 bits per heavy atom. The molecule has 0 aromatic heterocycles. The van der Waals surface area contributed by atoms with E-state index in [4.69, 9.17) is 5.11 Å². The molecule has 0 spiro atoms. The van der Waals surface area contributed by atoms with E-state index in [1.165, 1.54) is 0 Å². The third-order valence-corrected chi connectivity index (χ3v) is 6.15.